The summed E-state index contributed by atoms with van der Waals surface area (Å²) in [4.78, 5) is 9.32. The molecule has 1 saturated heterocycles. The summed E-state index contributed by atoms with van der Waals surface area (Å²) in [6, 6.07) is 0.268. The molecule has 0 aromatic carbocycles. The molecule has 96 valence electrons. The molecular weight excluding hydrogens is 214 g/mol. The fraction of sp³-hybridized carbons (Fsp3) is 0.750. The van der Waals surface area contributed by atoms with Gasteiger partial charge >= 0.3 is 0 Å². The predicted octanol–water partition coefficient (Wildman–Crippen LogP) is -0.0243. The molecule has 0 bridgehead atoms. The molecule has 0 saturated carbocycles. The van der Waals surface area contributed by atoms with Crippen LogP contribution in [-0.2, 0) is 7.05 Å². The Hall–Kier alpha value is -0.910. The summed E-state index contributed by atoms with van der Waals surface area (Å²) in [7, 11) is 4.20. The summed E-state index contributed by atoms with van der Waals surface area (Å²) < 4.78 is 2.06. The van der Waals surface area contributed by atoms with E-state index in [1.165, 1.54) is 5.69 Å². The summed E-state index contributed by atoms with van der Waals surface area (Å²) >= 11 is 0. The van der Waals surface area contributed by atoms with Crippen LogP contribution in [0.15, 0.2) is 6.33 Å². The van der Waals surface area contributed by atoms with E-state index < -0.39 is 0 Å². The average molecular weight is 237 g/mol. The second kappa shape index (κ2) is 5.16. The van der Waals surface area contributed by atoms with Crippen molar-refractivity contribution in [2.24, 2.45) is 12.8 Å². The highest BCUT2D eigenvalue weighted by Crippen LogP contribution is 2.22. The van der Waals surface area contributed by atoms with Crippen LogP contribution in [0.5, 0.6) is 0 Å². The van der Waals surface area contributed by atoms with Gasteiger partial charge in [0, 0.05) is 45.5 Å². The third kappa shape index (κ3) is 2.51. The third-order valence-electron chi connectivity index (χ3n) is 3.79. The minimum absolute atomic E-state index is 0.268. The Kier molecular flexibility index (Phi) is 3.81. The fourth-order valence-electron chi connectivity index (χ4n) is 2.40. The lowest BCUT2D eigenvalue weighted by molar-refractivity contribution is 0.112. The molecule has 17 heavy (non-hydrogen) atoms. The van der Waals surface area contributed by atoms with Crippen molar-refractivity contribution >= 4 is 0 Å². The van der Waals surface area contributed by atoms with Crippen molar-refractivity contribution in [3.8, 4) is 0 Å². The zero-order valence-corrected chi connectivity index (χ0v) is 11.1. The molecule has 0 radical (unpaired) electrons. The minimum Gasteiger partial charge on any atom is -0.338 e. The largest absolute Gasteiger partial charge is 0.338 e. The molecule has 1 fully saturated rings. The molecule has 0 aliphatic carbocycles. The van der Waals surface area contributed by atoms with Crippen molar-refractivity contribution in [1.29, 1.82) is 0 Å². The maximum atomic E-state index is 5.94. The van der Waals surface area contributed by atoms with Gasteiger partial charge in [0.15, 0.2) is 0 Å². The van der Waals surface area contributed by atoms with Crippen LogP contribution < -0.4 is 5.73 Å². The molecule has 2 N–H and O–H groups in total. The van der Waals surface area contributed by atoms with Gasteiger partial charge in [-0.25, -0.2) is 4.98 Å². The standard InChI is InChI=1S/C12H23N5/c1-10-12(14-9-16(10)3)11(8-13)17-6-4-15(2)5-7-17/h9,11H,4-8,13H2,1-3H3. The van der Waals surface area contributed by atoms with Crippen LogP contribution in [0.4, 0.5) is 0 Å². The summed E-state index contributed by atoms with van der Waals surface area (Å²) in [6.07, 6.45) is 1.88. The Labute approximate surface area is 103 Å². The highest BCUT2D eigenvalue weighted by Gasteiger charge is 2.25. The van der Waals surface area contributed by atoms with Crippen LogP contribution in [0.1, 0.15) is 17.4 Å². The normalized spacial score (nSPS) is 20.7. The number of hydrogen-bond acceptors (Lipinski definition) is 4. The smallest absolute Gasteiger partial charge is 0.0949 e. The first-order valence-electron chi connectivity index (χ1n) is 6.24. The SMILES string of the molecule is Cc1c(C(CN)N2CCN(C)CC2)ncn1C. The number of piperazine rings is 1. The van der Waals surface area contributed by atoms with Crippen LogP contribution in [0.2, 0.25) is 0 Å². The number of nitrogens with two attached hydrogens (primary N) is 1. The highest BCUT2D eigenvalue weighted by atomic mass is 15.3. The molecule has 1 aliphatic rings. The van der Waals surface area contributed by atoms with Crippen LogP contribution in [0.3, 0.4) is 0 Å². The summed E-state index contributed by atoms with van der Waals surface area (Å²) in [6.45, 7) is 7.14. The monoisotopic (exact) mass is 237 g/mol. The van der Waals surface area contributed by atoms with E-state index in [0.717, 1.165) is 31.9 Å². The van der Waals surface area contributed by atoms with E-state index in [1.807, 2.05) is 13.4 Å². The van der Waals surface area contributed by atoms with Gasteiger partial charge in [-0.3, -0.25) is 4.90 Å². The molecule has 5 nitrogen and oxygen atoms in total. The van der Waals surface area contributed by atoms with Crippen molar-refractivity contribution in [3.63, 3.8) is 0 Å². The molecule has 1 aromatic rings. The molecule has 2 heterocycles. The maximum absolute atomic E-state index is 5.94. The number of hydrogen-bond donors (Lipinski definition) is 1. The Bertz CT molecular complexity index is 365. The third-order valence-corrected chi connectivity index (χ3v) is 3.79. The van der Waals surface area contributed by atoms with E-state index in [9.17, 15) is 0 Å². The molecule has 1 atom stereocenters. The molecular formula is C12H23N5. The van der Waals surface area contributed by atoms with Gasteiger partial charge in [-0.15, -0.1) is 0 Å². The van der Waals surface area contributed by atoms with Crippen molar-refractivity contribution in [2.45, 2.75) is 13.0 Å². The van der Waals surface area contributed by atoms with Gasteiger partial charge in [-0.2, -0.15) is 0 Å². The number of aromatic nitrogens is 2. The summed E-state index contributed by atoms with van der Waals surface area (Å²) in [5.74, 6) is 0. The Morgan fingerprint density at radius 3 is 2.41 bits per heavy atom. The molecule has 2 rings (SSSR count). The summed E-state index contributed by atoms with van der Waals surface area (Å²) in [5, 5.41) is 0. The molecule has 1 aromatic heterocycles. The Balaban J connectivity index is 2.13. The van der Waals surface area contributed by atoms with E-state index in [4.69, 9.17) is 5.73 Å². The molecule has 1 aliphatic heterocycles. The van der Waals surface area contributed by atoms with E-state index in [0.29, 0.717) is 6.54 Å². The van der Waals surface area contributed by atoms with Gasteiger partial charge in [0.1, 0.15) is 0 Å². The van der Waals surface area contributed by atoms with E-state index in [2.05, 4.69) is 33.3 Å². The van der Waals surface area contributed by atoms with Crippen molar-refractivity contribution in [2.75, 3.05) is 39.8 Å². The van der Waals surface area contributed by atoms with Gasteiger partial charge in [-0.1, -0.05) is 0 Å². The first-order chi connectivity index (χ1) is 8.13. The second-order valence-electron chi connectivity index (χ2n) is 4.92. The first-order valence-corrected chi connectivity index (χ1v) is 6.24. The quantitative estimate of drug-likeness (QED) is 0.802. The number of rotatable bonds is 3. The van der Waals surface area contributed by atoms with E-state index in [-0.39, 0.29) is 6.04 Å². The van der Waals surface area contributed by atoms with Crippen molar-refractivity contribution < 1.29 is 0 Å². The number of likely N-dealkylation sites (N-methyl/N-ethyl adjacent to an activating group) is 1. The second-order valence-corrected chi connectivity index (χ2v) is 4.92. The van der Waals surface area contributed by atoms with E-state index in [1.54, 1.807) is 0 Å². The van der Waals surface area contributed by atoms with Crippen LogP contribution in [-0.4, -0.2) is 59.1 Å². The fourth-order valence-corrected chi connectivity index (χ4v) is 2.40. The zero-order chi connectivity index (χ0) is 12.4. The van der Waals surface area contributed by atoms with Crippen molar-refractivity contribution in [3.05, 3.63) is 17.7 Å². The summed E-state index contributed by atoms with van der Waals surface area (Å²) in [5.41, 5.74) is 8.30. The van der Waals surface area contributed by atoms with Gasteiger partial charge in [0.25, 0.3) is 0 Å². The van der Waals surface area contributed by atoms with Crippen LogP contribution in [0, 0.1) is 6.92 Å². The zero-order valence-electron chi connectivity index (χ0n) is 11.1. The van der Waals surface area contributed by atoms with Gasteiger partial charge in [0.2, 0.25) is 0 Å². The first kappa shape index (κ1) is 12.5. The molecule has 0 amide bonds. The number of imidazole rings is 1. The lowest BCUT2D eigenvalue weighted by atomic mass is 10.1. The highest BCUT2D eigenvalue weighted by molar-refractivity contribution is 5.16. The van der Waals surface area contributed by atoms with Gasteiger partial charge < -0.3 is 15.2 Å². The number of nitrogens with zero attached hydrogens (tertiary/aromatic N) is 4. The van der Waals surface area contributed by atoms with Crippen LogP contribution >= 0.6 is 0 Å². The minimum atomic E-state index is 0.268. The van der Waals surface area contributed by atoms with Crippen LogP contribution in [0.25, 0.3) is 0 Å². The topological polar surface area (TPSA) is 50.3 Å². The lowest BCUT2D eigenvalue weighted by Crippen LogP contribution is -2.47. The van der Waals surface area contributed by atoms with Crippen molar-refractivity contribution in [1.82, 2.24) is 19.4 Å². The molecule has 5 heteroatoms. The van der Waals surface area contributed by atoms with Gasteiger partial charge in [0.05, 0.1) is 18.1 Å². The molecule has 1 unspecified atom stereocenters. The molecule has 0 spiro atoms. The van der Waals surface area contributed by atoms with E-state index >= 15 is 0 Å². The van der Waals surface area contributed by atoms with Gasteiger partial charge in [-0.05, 0) is 14.0 Å². The number of aryl methyl sites for hydroxylation is 1. The Morgan fingerprint density at radius 2 is 1.94 bits per heavy atom. The maximum Gasteiger partial charge on any atom is 0.0949 e. The predicted molar refractivity (Wildman–Crippen MR) is 68.8 cm³/mol. The lowest BCUT2D eigenvalue weighted by Gasteiger charge is -2.37. The Morgan fingerprint density at radius 1 is 1.29 bits per heavy atom. The average Bonchev–Trinajstić information content (AvgIpc) is 2.65.